The number of amidine groups is 1. The third-order valence-electron chi connectivity index (χ3n) is 3.75. The average molecular weight is 401 g/mol. The summed E-state index contributed by atoms with van der Waals surface area (Å²) < 4.78 is 16.0. The predicted molar refractivity (Wildman–Crippen MR) is 90.6 cm³/mol. The van der Waals surface area contributed by atoms with Crippen LogP contribution < -0.4 is 5.73 Å². The number of ether oxygens (including phenoxy) is 3. The summed E-state index contributed by atoms with van der Waals surface area (Å²) in [4.78, 5) is 30.5. The van der Waals surface area contributed by atoms with Crippen LogP contribution in [0.15, 0.2) is 11.3 Å². The zero-order valence-electron chi connectivity index (χ0n) is 15.5. The Labute approximate surface area is 159 Å². The van der Waals surface area contributed by atoms with Gasteiger partial charge in [0.2, 0.25) is 12.1 Å². The maximum atomic E-state index is 11.8. The fourth-order valence-corrected chi connectivity index (χ4v) is 2.25. The Bertz CT molecular complexity index is 736. The highest BCUT2D eigenvalue weighted by molar-refractivity contribution is 6.00. The average Bonchev–Trinajstić information content (AvgIpc) is 3.20. The molecule has 0 spiro atoms. The number of amides is 1. The van der Waals surface area contributed by atoms with Crippen LogP contribution in [0.5, 0.6) is 0 Å². The summed E-state index contributed by atoms with van der Waals surface area (Å²) in [7, 11) is 0. The van der Waals surface area contributed by atoms with Crippen molar-refractivity contribution in [3.8, 4) is 0 Å². The zero-order valence-corrected chi connectivity index (χ0v) is 15.5. The van der Waals surface area contributed by atoms with Crippen molar-refractivity contribution in [1.82, 2.24) is 14.8 Å². The van der Waals surface area contributed by atoms with Gasteiger partial charge in [-0.2, -0.15) is 4.99 Å². The van der Waals surface area contributed by atoms with Gasteiger partial charge < -0.3 is 35.3 Å². The molecule has 1 aromatic heterocycles. The van der Waals surface area contributed by atoms with Crippen molar-refractivity contribution in [2.24, 2.45) is 16.6 Å². The van der Waals surface area contributed by atoms with Crippen LogP contribution in [0.2, 0.25) is 0 Å². The molecule has 5 unspecified atom stereocenters. The number of rotatable bonds is 6. The van der Waals surface area contributed by atoms with Crippen LogP contribution in [-0.4, -0.2) is 79.2 Å². The molecular formula is C15H23N5O8. The maximum Gasteiger partial charge on any atom is 0.438 e. The number of aromatic nitrogens is 3. The molecule has 13 nitrogen and oxygen atoms in total. The number of aliphatic hydroxyl groups is 3. The number of esters is 1. The molecule has 0 bridgehead atoms. The Morgan fingerprint density at radius 2 is 2.00 bits per heavy atom. The van der Waals surface area contributed by atoms with E-state index in [1.54, 1.807) is 13.8 Å². The molecule has 2 heterocycles. The topological polar surface area (TPSA) is 192 Å². The quantitative estimate of drug-likeness (QED) is 0.183. The van der Waals surface area contributed by atoms with Crippen LogP contribution >= 0.6 is 0 Å². The lowest BCUT2D eigenvalue weighted by atomic mass is 10.1. The van der Waals surface area contributed by atoms with Gasteiger partial charge in [-0.15, -0.1) is 5.10 Å². The lowest BCUT2D eigenvalue weighted by molar-refractivity contribution is -0.168. The molecule has 0 aromatic carbocycles. The summed E-state index contributed by atoms with van der Waals surface area (Å²) in [6.07, 6.45) is -5.89. The second kappa shape index (κ2) is 9.05. The second-order valence-corrected chi connectivity index (χ2v) is 6.32. The van der Waals surface area contributed by atoms with Crippen LogP contribution in [0.4, 0.5) is 4.79 Å². The van der Waals surface area contributed by atoms with Gasteiger partial charge in [-0.3, -0.25) is 4.79 Å². The van der Waals surface area contributed by atoms with E-state index in [2.05, 4.69) is 15.1 Å². The molecule has 0 saturated carbocycles. The normalized spacial score (nSPS) is 26.3. The van der Waals surface area contributed by atoms with E-state index in [1.807, 2.05) is 0 Å². The number of hydrogen-bond donors (Lipinski definition) is 4. The summed E-state index contributed by atoms with van der Waals surface area (Å²) in [5.41, 5.74) is 5.66. The molecule has 156 valence electrons. The Balaban J connectivity index is 2.00. The summed E-state index contributed by atoms with van der Waals surface area (Å²) in [6.45, 7) is 4.10. The van der Waals surface area contributed by atoms with Gasteiger partial charge >= 0.3 is 12.1 Å². The number of nitrogens with two attached hydrogens (primary N) is 1. The smallest absolute Gasteiger partial charge is 0.425 e. The number of carbonyl (C=O) groups excluding carboxylic acids is 2. The van der Waals surface area contributed by atoms with Gasteiger partial charge in [0, 0.05) is 6.92 Å². The highest BCUT2D eigenvalue weighted by atomic mass is 16.7. The number of carbonyl (C=O) groups is 2. The van der Waals surface area contributed by atoms with E-state index < -0.39 is 55.3 Å². The van der Waals surface area contributed by atoms with Gasteiger partial charge in [0.15, 0.2) is 12.1 Å². The van der Waals surface area contributed by atoms with Crippen molar-refractivity contribution >= 4 is 17.9 Å². The van der Waals surface area contributed by atoms with E-state index >= 15 is 0 Å². The van der Waals surface area contributed by atoms with Crippen molar-refractivity contribution in [3.63, 3.8) is 0 Å². The van der Waals surface area contributed by atoms with E-state index in [0.29, 0.717) is 0 Å². The summed E-state index contributed by atoms with van der Waals surface area (Å²) in [5.74, 6) is -1.49. The third kappa shape index (κ3) is 5.01. The molecule has 1 amide bonds. The van der Waals surface area contributed by atoms with E-state index in [9.17, 15) is 19.8 Å². The Kier molecular flexibility index (Phi) is 7.01. The van der Waals surface area contributed by atoms with Crippen molar-refractivity contribution < 1.29 is 39.1 Å². The first-order valence-electron chi connectivity index (χ1n) is 8.43. The van der Waals surface area contributed by atoms with Crippen molar-refractivity contribution in [2.75, 3.05) is 6.61 Å². The summed E-state index contributed by atoms with van der Waals surface area (Å²) in [5, 5.41) is 32.8. The zero-order chi connectivity index (χ0) is 21.0. The highest BCUT2D eigenvalue weighted by Crippen LogP contribution is 2.28. The molecule has 28 heavy (non-hydrogen) atoms. The number of nitrogens with zero attached hydrogens (tertiary/aromatic N) is 4. The van der Waals surface area contributed by atoms with Gasteiger partial charge in [0.1, 0.15) is 24.6 Å². The molecule has 0 radical (unpaired) electrons. The van der Waals surface area contributed by atoms with Crippen LogP contribution in [0, 0.1) is 5.92 Å². The van der Waals surface area contributed by atoms with Crippen molar-refractivity contribution in [3.05, 3.63) is 12.2 Å². The monoisotopic (exact) mass is 401 g/mol. The summed E-state index contributed by atoms with van der Waals surface area (Å²) >= 11 is 0. The molecule has 2 rings (SSSR count). The molecule has 5 N–H and O–H groups in total. The van der Waals surface area contributed by atoms with Gasteiger partial charge in [-0.25, -0.2) is 14.5 Å². The molecule has 5 atom stereocenters. The molecule has 1 saturated heterocycles. The lowest BCUT2D eigenvalue weighted by Gasteiger charge is -2.14. The van der Waals surface area contributed by atoms with Crippen LogP contribution in [0.3, 0.4) is 0 Å². The van der Waals surface area contributed by atoms with E-state index in [0.717, 1.165) is 11.0 Å². The molecular weight excluding hydrogens is 378 g/mol. The van der Waals surface area contributed by atoms with E-state index in [1.165, 1.54) is 6.92 Å². The first-order chi connectivity index (χ1) is 13.1. The highest BCUT2D eigenvalue weighted by Gasteiger charge is 2.44. The van der Waals surface area contributed by atoms with Gasteiger partial charge in [0.05, 0.1) is 12.5 Å². The minimum absolute atomic E-state index is 0.165. The van der Waals surface area contributed by atoms with Gasteiger partial charge in [-0.1, -0.05) is 13.8 Å². The largest absolute Gasteiger partial charge is 0.438 e. The molecule has 1 fully saturated rings. The number of aliphatic imine (C=N–C) groups is 1. The fourth-order valence-electron chi connectivity index (χ4n) is 2.25. The Morgan fingerprint density at radius 1 is 1.32 bits per heavy atom. The van der Waals surface area contributed by atoms with E-state index in [4.69, 9.17) is 25.1 Å². The Hall–Kier alpha value is -2.61. The molecule has 1 aliphatic rings. The SMILES string of the molecule is CC(OC(=O)/N=C(\N)c1ncn(C2OC(CO)C(O)C2O)n1)OC(=O)C(C)C. The molecule has 0 aliphatic carbocycles. The van der Waals surface area contributed by atoms with Gasteiger partial charge in [-0.05, 0) is 0 Å². The molecule has 13 heteroatoms. The second-order valence-electron chi connectivity index (χ2n) is 6.32. The minimum atomic E-state index is -1.36. The van der Waals surface area contributed by atoms with Crippen LogP contribution in [0.25, 0.3) is 0 Å². The van der Waals surface area contributed by atoms with E-state index in [-0.39, 0.29) is 11.7 Å². The number of hydrogen-bond acceptors (Lipinski definition) is 10. The fraction of sp³-hybridized carbons (Fsp3) is 0.667. The number of aliphatic hydroxyl groups excluding tert-OH is 3. The maximum absolute atomic E-state index is 11.8. The predicted octanol–water partition coefficient (Wildman–Crippen LogP) is -1.72. The lowest BCUT2D eigenvalue weighted by Crippen LogP contribution is -2.33. The Morgan fingerprint density at radius 3 is 2.57 bits per heavy atom. The molecule has 1 aliphatic heterocycles. The van der Waals surface area contributed by atoms with Crippen molar-refractivity contribution in [2.45, 2.75) is 51.6 Å². The van der Waals surface area contributed by atoms with Crippen LogP contribution in [0.1, 0.15) is 32.8 Å². The molecule has 1 aromatic rings. The standard InChI is InChI=1S/C15H23N5O8/c1-6(2)14(24)26-7(3)27-15(25)18-11(16)12-17-5-20(19-12)13-10(23)9(22)8(4-21)28-13/h5-10,13,21-23H,4H2,1-3H3,(H2,16,18,25). The van der Waals surface area contributed by atoms with Crippen molar-refractivity contribution in [1.29, 1.82) is 0 Å². The van der Waals surface area contributed by atoms with Gasteiger partial charge in [0.25, 0.3) is 0 Å². The first kappa shape index (κ1) is 21.7. The minimum Gasteiger partial charge on any atom is -0.425 e. The first-order valence-corrected chi connectivity index (χ1v) is 8.43. The third-order valence-corrected chi connectivity index (χ3v) is 3.75. The summed E-state index contributed by atoms with van der Waals surface area (Å²) in [6, 6.07) is 0. The van der Waals surface area contributed by atoms with Crippen LogP contribution in [-0.2, 0) is 19.0 Å².